The lowest BCUT2D eigenvalue weighted by atomic mass is 9.93. The maximum absolute atomic E-state index is 9.93. The zero-order valence-electron chi connectivity index (χ0n) is 11.8. The van der Waals surface area contributed by atoms with Crippen molar-refractivity contribution >= 4 is 10.9 Å². The minimum atomic E-state index is -0.166. The van der Waals surface area contributed by atoms with Crippen molar-refractivity contribution in [3.05, 3.63) is 35.5 Å². The van der Waals surface area contributed by atoms with Crippen molar-refractivity contribution in [2.45, 2.75) is 31.9 Å². The van der Waals surface area contributed by atoms with Crippen LogP contribution in [0.15, 0.2) is 24.3 Å². The highest BCUT2D eigenvalue weighted by molar-refractivity contribution is 5.86. The van der Waals surface area contributed by atoms with Crippen molar-refractivity contribution in [3.8, 4) is 0 Å². The number of nitrogens with zero attached hydrogens (tertiary/aromatic N) is 2. The molecule has 0 saturated carbocycles. The topological polar surface area (TPSA) is 28.4 Å². The molecule has 3 rings (SSSR count). The zero-order valence-corrected chi connectivity index (χ0v) is 11.8. The van der Waals surface area contributed by atoms with Gasteiger partial charge in [0.25, 0.3) is 0 Å². The predicted octanol–water partition coefficient (Wildman–Crippen LogP) is 2.05. The lowest BCUT2D eigenvalue weighted by molar-refractivity contribution is 0.157. The molecule has 1 atom stereocenters. The van der Waals surface area contributed by atoms with E-state index in [2.05, 4.69) is 47.8 Å². The molecule has 0 amide bonds. The molecule has 0 spiro atoms. The van der Waals surface area contributed by atoms with Crippen LogP contribution in [0.2, 0.25) is 0 Å². The van der Waals surface area contributed by atoms with Crippen molar-refractivity contribution in [2.75, 3.05) is 20.6 Å². The Hall–Kier alpha value is -1.32. The maximum atomic E-state index is 9.93. The Labute approximate surface area is 114 Å². The molecule has 0 aliphatic heterocycles. The number of para-hydroxylation sites is 1. The number of benzene rings is 1. The van der Waals surface area contributed by atoms with Crippen LogP contribution in [0.3, 0.4) is 0 Å². The Morgan fingerprint density at radius 2 is 2.11 bits per heavy atom. The zero-order chi connectivity index (χ0) is 13.4. The number of likely N-dealkylation sites (N-methyl/N-ethyl adjacent to an activating group) is 1. The summed E-state index contributed by atoms with van der Waals surface area (Å²) in [5.74, 6) is 0. The molecule has 2 aromatic rings. The van der Waals surface area contributed by atoms with E-state index in [0.29, 0.717) is 0 Å². The van der Waals surface area contributed by atoms with Gasteiger partial charge in [-0.1, -0.05) is 18.2 Å². The number of rotatable bonds is 3. The van der Waals surface area contributed by atoms with E-state index in [-0.39, 0.29) is 6.10 Å². The van der Waals surface area contributed by atoms with Crippen molar-refractivity contribution in [1.82, 2.24) is 9.47 Å². The van der Waals surface area contributed by atoms with Gasteiger partial charge in [0.05, 0.1) is 6.10 Å². The van der Waals surface area contributed by atoms with E-state index < -0.39 is 0 Å². The van der Waals surface area contributed by atoms with Gasteiger partial charge in [-0.2, -0.15) is 0 Å². The van der Waals surface area contributed by atoms with Crippen LogP contribution in [-0.2, 0) is 19.4 Å². The minimum absolute atomic E-state index is 0.166. The lowest BCUT2D eigenvalue weighted by Gasteiger charge is -2.21. The Morgan fingerprint density at radius 3 is 2.89 bits per heavy atom. The molecule has 0 fully saturated rings. The minimum Gasteiger partial charge on any atom is -0.393 e. The van der Waals surface area contributed by atoms with Crippen molar-refractivity contribution < 1.29 is 5.11 Å². The van der Waals surface area contributed by atoms with Crippen LogP contribution < -0.4 is 0 Å². The Bertz CT molecular complexity index is 586. The van der Waals surface area contributed by atoms with Gasteiger partial charge in [0.1, 0.15) is 0 Å². The first-order chi connectivity index (χ1) is 9.16. The second-order valence-electron chi connectivity index (χ2n) is 5.79. The molecule has 1 N–H and O–H groups in total. The molecule has 3 heteroatoms. The molecule has 0 radical (unpaired) electrons. The molecule has 1 aromatic carbocycles. The van der Waals surface area contributed by atoms with Gasteiger partial charge in [-0.15, -0.1) is 0 Å². The van der Waals surface area contributed by atoms with Crippen LogP contribution >= 0.6 is 0 Å². The number of aromatic nitrogens is 1. The number of aliphatic hydroxyl groups is 1. The van der Waals surface area contributed by atoms with Gasteiger partial charge in [0, 0.05) is 36.1 Å². The van der Waals surface area contributed by atoms with Gasteiger partial charge in [0.2, 0.25) is 0 Å². The average molecular weight is 258 g/mol. The van der Waals surface area contributed by atoms with Gasteiger partial charge < -0.3 is 14.6 Å². The van der Waals surface area contributed by atoms with Crippen LogP contribution in [0.5, 0.6) is 0 Å². The smallest absolute Gasteiger partial charge is 0.0585 e. The number of hydrogen-bond donors (Lipinski definition) is 1. The van der Waals surface area contributed by atoms with Crippen LogP contribution in [0.1, 0.15) is 17.7 Å². The van der Waals surface area contributed by atoms with E-state index in [4.69, 9.17) is 0 Å². The summed E-state index contributed by atoms with van der Waals surface area (Å²) in [4.78, 5) is 2.22. The fourth-order valence-electron chi connectivity index (χ4n) is 3.14. The van der Waals surface area contributed by atoms with Gasteiger partial charge in [-0.25, -0.2) is 0 Å². The third kappa shape index (κ3) is 2.28. The molecular formula is C16H22N2O. The number of hydrogen-bond acceptors (Lipinski definition) is 2. The predicted molar refractivity (Wildman–Crippen MR) is 78.5 cm³/mol. The molecule has 0 bridgehead atoms. The molecule has 1 heterocycles. The average Bonchev–Trinajstić information content (AvgIpc) is 2.70. The highest BCUT2D eigenvalue weighted by Crippen LogP contribution is 2.32. The molecule has 1 aliphatic carbocycles. The molecule has 102 valence electrons. The van der Waals surface area contributed by atoms with Gasteiger partial charge in [-0.05, 0) is 38.6 Å². The van der Waals surface area contributed by atoms with Gasteiger partial charge in [0.15, 0.2) is 0 Å². The third-order valence-corrected chi connectivity index (χ3v) is 4.12. The first-order valence-electron chi connectivity index (χ1n) is 7.08. The normalized spacial score (nSPS) is 19.1. The molecule has 1 aromatic heterocycles. The SMILES string of the molecule is CN(C)CCn1c2c(c3ccccc31)CC(O)CC2. The standard InChI is InChI=1S/C16H22N2O/c1-17(2)9-10-18-15-6-4-3-5-13(15)14-11-12(19)7-8-16(14)18/h3-6,12,19H,7-11H2,1-2H3. The molecule has 0 saturated heterocycles. The van der Waals surface area contributed by atoms with Crippen LogP contribution in [0.25, 0.3) is 10.9 Å². The third-order valence-electron chi connectivity index (χ3n) is 4.12. The van der Waals surface area contributed by atoms with Crippen molar-refractivity contribution in [2.24, 2.45) is 0 Å². The summed E-state index contributed by atoms with van der Waals surface area (Å²) >= 11 is 0. The first kappa shape index (κ1) is 12.7. The fraction of sp³-hybridized carbons (Fsp3) is 0.500. The van der Waals surface area contributed by atoms with Gasteiger partial charge >= 0.3 is 0 Å². The van der Waals surface area contributed by atoms with Crippen LogP contribution in [-0.4, -0.2) is 41.3 Å². The summed E-state index contributed by atoms with van der Waals surface area (Å²) in [5.41, 5.74) is 4.13. The fourth-order valence-corrected chi connectivity index (χ4v) is 3.14. The largest absolute Gasteiger partial charge is 0.393 e. The number of aliphatic hydroxyl groups excluding tert-OH is 1. The summed E-state index contributed by atoms with van der Waals surface area (Å²) in [6.45, 7) is 2.08. The molecule has 3 nitrogen and oxygen atoms in total. The van der Waals surface area contributed by atoms with E-state index in [1.807, 2.05) is 0 Å². The Morgan fingerprint density at radius 1 is 1.32 bits per heavy atom. The quantitative estimate of drug-likeness (QED) is 0.912. The van der Waals surface area contributed by atoms with Crippen molar-refractivity contribution in [1.29, 1.82) is 0 Å². The maximum Gasteiger partial charge on any atom is 0.0585 e. The Kier molecular flexibility index (Phi) is 3.33. The van der Waals surface area contributed by atoms with Crippen molar-refractivity contribution in [3.63, 3.8) is 0 Å². The lowest BCUT2D eigenvalue weighted by Crippen LogP contribution is -2.23. The number of fused-ring (bicyclic) bond motifs is 3. The summed E-state index contributed by atoms with van der Waals surface area (Å²) in [6.07, 6.45) is 2.54. The monoisotopic (exact) mass is 258 g/mol. The molecule has 1 unspecified atom stereocenters. The van der Waals surface area contributed by atoms with Crippen LogP contribution in [0, 0.1) is 0 Å². The highest BCUT2D eigenvalue weighted by Gasteiger charge is 2.23. The van der Waals surface area contributed by atoms with E-state index in [1.165, 1.54) is 22.2 Å². The Balaban J connectivity index is 2.09. The second-order valence-corrected chi connectivity index (χ2v) is 5.79. The van der Waals surface area contributed by atoms with E-state index in [9.17, 15) is 5.11 Å². The van der Waals surface area contributed by atoms with Crippen LogP contribution in [0.4, 0.5) is 0 Å². The highest BCUT2D eigenvalue weighted by atomic mass is 16.3. The summed E-state index contributed by atoms with van der Waals surface area (Å²) in [6, 6.07) is 8.60. The first-order valence-corrected chi connectivity index (χ1v) is 7.08. The summed E-state index contributed by atoms with van der Waals surface area (Å²) in [5, 5.41) is 11.3. The van der Waals surface area contributed by atoms with Gasteiger partial charge in [-0.3, -0.25) is 0 Å². The molecule has 19 heavy (non-hydrogen) atoms. The second kappa shape index (κ2) is 4.99. The molecule has 1 aliphatic rings. The van der Waals surface area contributed by atoms with E-state index >= 15 is 0 Å². The molecular weight excluding hydrogens is 236 g/mol. The summed E-state index contributed by atoms with van der Waals surface area (Å²) < 4.78 is 2.45. The summed E-state index contributed by atoms with van der Waals surface area (Å²) in [7, 11) is 4.23. The van der Waals surface area contributed by atoms with E-state index in [0.717, 1.165) is 32.4 Å². The van der Waals surface area contributed by atoms with E-state index in [1.54, 1.807) is 0 Å².